The summed E-state index contributed by atoms with van der Waals surface area (Å²) in [6.07, 6.45) is -3.85. The zero-order valence-electron chi connectivity index (χ0n) is 13.8. The zero-order chi connectivity index (χ0) is 20.3. The van der Waals surface area contributed by atoms with Crippen molar-refractivity contribution in [3.05, 3.63) is 58.2 Å². The van der Waals surface area contributed by atoms with Crippen LogP contribution in [-0.4, -0.2) is 26.8 Å². The van der Waals surface area contributed by atoms with E-state index in [0.29, 0.717) is 22.7 Å². The second kappa shape index (κ2) is 8.42. The first-order valence-electron chi connectivity index (χ1n) is 7.69. The Balaban J connectivity index is 1.58. The lowest BCUT2D eigenvalue weighted by Gasteiger charge is -2.08. The molecule has 3 rings (SSSR count). The second-order valence-electron chi connectivity index (χ2n) is 5.52. The van der Waals surface area contributed by atoms with Crippen LogP contribution in [0.2, 0.25) is 10.0 Å². The van der Waals surface area contributed by atoms with E-state index in [4.69, 9.17) is 23.2 Å². The Hall–Kier alpha value is -2.23. The highest BCUT2D eigenvalue weighted by molar-refractivity contribution is 8.00. The number of amides is 1. The third kappa shape index (κ3) is 5.18. The minimum absolute atomic E-state index is 0.0960. The van der Waals surface area contributed by atoms with E-state index in [9.17, 15) is 18.0 Å². The summed E-state index contributed by atoms with van der Waals surface area (Å²) in [5, 5.41) is 9.95. The fourth-order valence-electron chi connectivity index (χ4n) is 2.16. The van der Waals surface area contributed by atoms with Crippen molar-refractivity contribution in [2.75, 3.05) is 11.1 Å². The van der Waals surface area contributed by atoms with Crippen LogP contribution in [-0.2, 0) is 11.0 Å². The normalized spacial score (nSPS) is 11.5. The number of rotatable bonds is 5. The van der Waals surface area contributed by atoms with Crippen molar-refractivity contribution in [2.24, 2.45) is 0 Å². The maximum absolute atomic E-state index is 12.6. The molecule has 0 aliphatic rings. The number of aromatic nitrogens is 3. The van der Waals surface area contributed by atoms with E-state index in [0.717, 1.165) is 23.4 Å². The second-order valence-corrected chi connectivity index (χ2v) is 7.33. The molecule has 2 N–H and O–H groups in total. The molecule has 1 amide bonds. The first kappa shape index (κ1) is 20.5. The summed E-state index contributed by atoms with van der Waals surface area (Å²) in [6.45, 7) is 0. The highest BCUT2D eigenvalue weighted by atomic mass is 35.5. The molecule has 11 heteroatoms. The highest BCUT2D eigenvalue weighted by Crippen LogP contribution is 2.33. The van der Waals surface area contributed by atoms with Gasteiger partial charge in [0.05, 0.1) is 22.0 Å². The third-order valence-corrected chi connectivity index (χ3v) is 5.13. The molecule has 0 radical (unpaired) electrons. The average Bonchev–Trinajstić information content (AvgIpc) is 3.09. The van der Waals surface area contributed by atoms with Crippen molar-refractivity contribution in [3.8, 4) is 11.3 Å². The molecule has 0 spiro atoms. The van der Waals surface area contributed by atoms with E-state index < -0.39 is 17.6 Å². The molecule has 0 fully saturated rings. The van der Waals surface area contributed by atoms with Crippen LogP contribution < -0.4 is 5.32 Å². The van der Waals surface area contributed by atoms with Gasteiger partial charge in [0.1, 0.15) is 5.03 Å². The average molecular weight is 447 g/mol. The number of alkyl halides is 3. The zero-order valence-corrected chi connectivity index (χ0v) is 16.2. The summed E-state index contributed by atoms with van der Waals surface area (Å²) < 4.78 is 37.8. The van der Waals surface area contributed by atoms with Crippen LogP contribution in [0, 0.1) is 0 Å². The summed E-state index contributed by atoms with van der Waals surface area (Å²) in [5.74, 6) is -0.194. The van der Waals surface area contributed by atoms with Gasteiger partial charge in [0.15, 0.2) is 5.82 Å². The summed E-state index contributed by atoms with van der Waals surface area (Å²) in [4.78, 5) is 15.7. The molecule has 2 heterocycles. The number of nitrogens with one attached hydrogen (secondary N) is 2. The minimum Gasteiger partial charge on any atom is -0.308 e. The number of nitrogens with zero attached hydrogens (tertiary/aromatic N) is 2. The largest absolute Gasteiger partial charge is 0.417 e. The fourth-order valence-corrected chi connectivity index (χ4v) is 3.28. The van der Waals surface area contributed by atoms with Crippen molar-refractivity contribution in [2.45, 2.75) is 11.2 Å². The SMILES string of the molecule is O=C(CSc1ncc(C(F)(F)F)cc1Cl)Nc1cc(-c2ccc(Cl)cc2)[nH]n1. The molecule has 28 heavy (non-hydrogen) atoms. The summed E-state index contributed by atoms with van der Waals surface area (Å²) in [6, 6.07) is 9.49. The van der Waals surface area contributed by atoms with E-state index in [-0.39, 0.29) is 15.8 Å². The maximum Gasteiger partial charge on any atom is 0.417 e. The van der Waals surface area contributed by atoms with E-state index in [1.807, 2.05) is 0 Å². The van der Waals surface area contributed by atoms with Gasteiger partial charge in [-0.05, 0) is 23.8 Å². The number of pyridine rings is 1. The van der Waals surface area contributed by atoms with Gasteiger partial charge in [0, 0.05) is 17.3 Å². The van der Waals surface area contributed by atoms with Gasteiger partial charge >= 0.3 is 6.18 Å². The van der Waals surface area contributed by atoms with E-state index >= 15 is 0 Å². The van der Waals surface area contributed by atoms with Crippen molar-refractivity contribution in [1.29, 1.82) is 0 Å². The number of benzene rings is 1. The fraction of sp³-hybridized carbons (Fsp3) is 0.118. The first-order valence-corrected chi connectivity index (χ1v) is 9.43. The smallest absolute Gasteiger partial charge is 0.308 e. The molecule has 1 aromatic carbocycles. The van der Waals surface area contributed by atoms with Crippen molar-refractivity contribution >= 4 is 46.7 Å². The van der Waals surface area contributed by atoms with Gasteiger partial charge in [-0.15, -0.1) is 0 Å². The van der Waals surface area contributed by atoms with Crippen LogP contribution in [0.4, 0.5) is 19.0 Å². The molecule has 0 atom stereocenters. The molecule has 0 saturated carbocycles. The van der Waals surface area contributed by atoms with Gasteiger partial charge in [0.2, 0.25) is 5.91 Å². The summed E-state index contributed by atoms with van der Waals surface area (Å²) in [5.41, 5.74) is 0.581. The standard InChI is InChI=1S/C17H11Cl2F3N4OS/c18-11-3-1-9(2-4-11)13-6-14(26-25-13)24-15(27)8-28-16-12(19)5-10(7-23-16)17(20,21)22/h1-7H,8H2,(H2,24,25,26,27). The lowest BCUT2D eigenvalue weighted by molar-refractivity contribution is -0.137. The number of thioether (sulfide) groups is 1. The molecular formula is C17H11Cl2F3N4OS. The van der Waals surface area contributed by atoms with Crippen LogP contribution in [0.15, 0.2) is 47.6 Å². The quantitative estimate of drug-likeness (QED) is 0.505. The van der Waals surface area contributed by atoms with E-state index in [2.05, 4.69) is 20.5 Å². The molecule has 0 aliphatic carbocycles. The lowest BCUT2D eigenvalue weighted by atomic mass is 10.1. The topological polar surface area (TPSA) is 70.7 Å². The van der Waals surface area contributed by atoms with Crippen LogP contribution in [0.25, 0.3) is 11.3 Å². The molecular weight excluding hydrogens is 436 g/mol. The van der Waals surface area contributed by atoms with Crippen LogP contribution in [0.5, 0.6) is 0 Å². The maximum atomic E-state index is 12.6. The number of carbonyl (C=O) groups excluding carboxylic acids is 1. The molecule has 3 aromatic rings. The number of carbonyl (C=O) groups is 1. The van der Waals surface area contributed by atoms with Gasteiger partial charge in [-0.2, -0.15) is 18.3 Å². The predicted octanol–water partition coefficient (Wildman–Crippen LogP) is 5.53. The Labute approximate surface area is 171 Å². The molecule has 5 nitrogen and oxygen atoms in total. The monoisotopic (exact) mass is 446 g/mol. The van der Waals surface area contributed by atoms with E-state index in [1.165, 1.54) is 0 Å². The number of hydrogen-bond donors (Lipinski definition) is 2. The minimum atomic E-state index is -4.53. The van der Waals surface area contributed by atoms with E-state index in [1.54, 1.807) is 30.3 Å². The Morgan fingerprint density at radius 2 is 1.89 bits per heavy atom. The van der Waals surface area contributed by atoms with Gasteiger partial charge in [-0.3, -0.25) is 9.89 Å². The van der Waals surface area contributed by atoms with Crippen LogP contribution in [0.1, 0.15) is 5.56 Å². The van der Waals surface area contributed by atoms with Crippen molar-refractivity contribution in [3.63, 3.8) is 0 Å². The number of hydrogen-bond acceptors (Lipinski definition) is 4. The summed E-state index contributed by atoms with van der Waals surface area (Å²) in [7, 11) is 0. The molecule has 0 saturated heterocycles. The predicted molar refractivity (Wildman–Crippen MR) is 103 cm³/mol. The number of aromatic amines is 1. The third-order valence-electron chi connectivity index (χ3n) is 3.48. The summed E-state index contributed by atoms with van der Waals surface area (Å²) >= 11 is 12.6. The van der Waals surface area contributed by atoms with Crippen molar-refractivity contribution < 1.29 is 18.0 Å². The molecule has 0 aliphatic heterocycles. The first-order chi connectivity index (χ1) is 13.2. The Morgan fingerprint density at radius 1 is 1.18 bits per heavy atom. The molecule has 146 valence electrons. The molecule has 0 unspecified atom stereocenters. The Kier molecular flexibility index (Phi) is 6.17. The molecule has 0 bridgehead atoms. The Morgan fingerprint density at radius 3 is 2.54 bits per heavy atom. The van der Waals surface area contributed by atoms with Gasteiger partial charge in [0.25, 0.3) is 0 Å². The number of halogens is 5. The number of anilines is 1. The highest BCUT2D eigenvalue weighted by Gasteiger charge is 2.31. The molecule has 2 aromatic heterocycles. The van der Waals surface area contributed by atoms with Gasteiger partial charge in [-0.1, -0.05) is 47.1 Å². The van der Waals surface area contributed by atoms with Crippen molar-refractivity contribution in [1.82, 2.24) is 15.2 Å². The van der Waals surface area contributed by atoms with Gasteiger partial charge < -0.3 is 5.32 Å². The lowest BCUT2D eigenvalue weighted by Crippen LogP contribution is -2.14. The number of H-pyrrole nitrogens is 1. The van der Waals surface area contributed by atoms with Crippen LogP contribution in [0.3, 0.4) is 0 Å². The Bertz CT molecular complexity index is 993. The van der Waals surface area contributed by atoms with Crippen LogP contribution >= 0.6 is 35.0 Å². The van der Waals surface area contributed by atoms with Gasteiger partial charge in [-0.25, -0.2) is 4.98 Å².